The molecule has 2 heterocycles. The first-order valence-electron chi connectivity index (χ1n) is 5.40. The van der Waals surface area contributed by atoms with E-state index in [1.54, 1.807) is 18.6 Å². The molecule has 2 rings (SSSR count). The van der Waals surface area contributed by atoms with Gasteiger partial charge >= 0.3 is 0 Å². The lowest BCUT2D eigenvalue weighted by molar-refractivity contribution is 1.18. The van der Waals surface area contributed by atoms with Crippen LogP contribution in [0.3, 0.4) is 0 Å². The van der Waals surface area contributed by atoms with E-state index in [0.29, 0.717) is 0 Å². The van der Waals surface area contributed by atoms with Crippen LogP contribution in [0.2, 0.25) is 0 Å². The Kier molecular flexibility index (Phi) is 7.06. The highest BCUT2D eigenvalue weighted by atomic mass is 14.8. The largest absolute Gasteiger partial charge is 0.259 e. The molecule has 0 radical (unpaired) electrons. The average molecular weight is 205 g/mol. The molecule has 0 fully saturated rings. The molecule has 0 aliphatic heterocycles. The van der Waals surface area contributed by atoms with Gasteiger partial charge in [-0.05, 0) is 13.0 Å². The van der Waals surface area contributed by atoms with E-state index in [0.717, 1.165) is 16.7 Å². The van der Waals surface area contributed by atoms with Crippen molar-refractivity contribution < 1.29 is 0 Å². The highest BCUT2D eigenvalue weighted by Gasteiger charge is 1.96. The Bertz CT molecular complexity index is 380. The third-order valence-corrected chi connectivity index (χ3v) is 1.57. The Labute approximate surface area is 91.6 Å². The van der Waals surface area contributed by atoms with Crippen LogP contribution in [-0.4, -0.2) is 15.0 Å². The Morgan fingerprint density at radius 1 is 0.800 bits per heavy atom. The molecular formula is C12H19N3. The number of aryl methyl sites for hydroxylation is 1. The molecule has 0 bridgehead atoms. The van der Waals surface area contributed by atoms with E-state index in [1.807, 2.05) is 40.7 Å². The minimum atomic E-state index is 0.884. The molecule has 15 heavy (non-hydrogen) atoms. The summed E-state index contributed by atoms with van der Waals surface area (Å²) in [5.74, 6) is 0. The summed E-state index contributed by atoms with van der Waals surface area (Å²) in [5, 5.41) is 0. The summed E-state index contributed by atoms with van der Waals surface area (Å²) in [5.41, 5.74) is 2.71. The third-order valence-electron chi connectivity index (χ3n) is 1.57. The summed E-state index contributed by atoms with van der Waals surface area (Å²) in [7, 11) is 0. The van der Waals surface area contributed by atoms with Gasteiger partial charge in [0.1, 0.15) is 5.52 Å². The molecular weight excluding hydrogens is 186 g/mol. The minimum Gasteiger partial charge on any atom is -0.259 e. The van der Waals surface area contributed by atoms with Crippen molar-refractivity contribution in [3.63, 3.8) is 0 Å². The monoisotopic (exact) mass is 205 g/mol. The van der Waals surface area contributed by atoms with Gasteiger partial charge in [0.05, 0.1) is 11.2 Å². The molecule has 3 heteroatoms. The molecule has 0 saturated heterocycles. The number of pyridine rings is 1. The molecule has 0 unspecified atom stereocenters. The first-order valence-corrected chi connectivity index (χ1v) is 5.40. The van der Waals surface area contributed by atoms with Crippen molar-refractivity contribution in [1.29, 1.82) is 0 Å². The summed E-state index contributed by atoms with van der Waals surface area (Å²) < 4.78 is 0. The van der Waals surface area contributed by atoms with Crippen molar-refractivity contribution in [2.45, 2.75) is 34.6 Å². The van der Waals surface area contributed by atoms with E-state index in [9.17, 15) is 0 Å². The standard InChI is InChI=1S/C8H7N3.2C2H6/c1-6-8-7(2-3-9-6)10-4-5-11-8;2*1-2/h2-5H,1H3;2*1-2H3. The predicted molar refractivity (Wildman–Crippen MR) is 64.8 cm³/mol. The van der Waals surface area contributed by atoms with E-state index >= 15 is 0 Å². The van der Waals surface area contributed by atoms with Crippen molar-refractivity contribution in [1.82, 2.24) is 15.0 Å². The molecule has 0 spiro atoms. The zero-order chi connectivity index (χ0) is 11.7. The summed E-state index contributed by atoms with van der Waals surface area (Å²) in [6, 6.07) is 1.86. The lowest BCUT2D eigenvalue weighted by atomic mass is 10.3. The number of rotatable bonds is 0. The second kappa shape index (κ2) is 7.85. The smallest absolute Gasteiger partial charge is 0.110 e. The molecule has 0 aromatic carbocycles. The van der Waals surface area contributed by atoms with Gasteiger partial charge in [-0.25, -0.2) is 0 Å². The van der Waals surface area contributed by atoms with Gasteiger partial charge in [-0.1, -0.05) is 27.7 Å². The molecule has 0 N–H and O–H groups in total. The Balaban J connectivity index is 0.000000442. The SMILES string of the molecule is CC.CC.Cc1nccc2nccnc12. The van der Waals surface area contributed by atoms with Gasteiger partial charge in [0, 0.05) is 18.6 Å². The van der Waals surface area contributed by atoms with E-state index < -0.39 is 0 Å². The summed E-state index contributed by atoms with van der Waals surface area (Å²) >= 11 is 0. The Morgan fingerprint density at radius 2 is 1.40 bits per heavy atom. The fraction of sp³-hybridized carbons (Fsp3) is 0.417. The molecule has 82 valence electrons. The van der Waals surface area contributed by atoms with Gasteiger partial charge in [-0.2, -0.15) is 0 Å². The fourth-order valence-corrected chi connectivity index (χ4v) is 1.03. The third kappa shape index (κ3) is 3.62. The van der Waals surface area contributed by atoms with Gasteiger partial charge < -0.3 is 0 Å². The highest BCUT2D eigenvalue weighted by molar-refractivity contribution is 5.75. The lowest BCUT2D eigenvalue weighted by Gasteiger charge is -1.95. The second-order valence-corrected chi connectivity index (χ2v) is 2.32. The summed E-state index contributed by atoms with van der Waals surface area (Å²) in [4.78, 5) is 12.4. The number of fused-ring (bicyclic) bond motifs is 1. The van der Waals surface area contributed by atoms with Crippen LogP contribution in [0.1, 0.15) is 33.4 Å². The van der Waals surface area contributed by atoms with Gasteiger partial charge in [0.15, 0.2) is 0 Å². The fourth-order valence-electron chi connectivity index (χ4n) is 1.03. The van der Waals surface area contributed by atoms with Crippen LogP contribution in [0, 0.1) is 6.92 Å². The van der Waals surface area contributed by atoms with Crippen LogP contribution < -0.4 is 0 Å². The maximum atomic E-state index is 4.16. The van der Waals surface area contributed by atoms with Gasteiger partial charge in [-0.3, -0.25) is 15.0 Å². The Hall–Kier alpha value is -1.51. The zero-order valence-electron chi connectivity index (χ0n) is 10.2. The number of hydrogen-bond acceptors (Lipinski definition) is 3. The highest BCUT2D eigenvalue weighted by Crippen LogP contribution is 2.08. The minimum absolute atomic E-state index is 0.884. The summed E-state index contributed by atoms with van der Waals surface area (Å²) in [6.45, 7) is 9.93. The maximum absolute atomic E-state index is 4.16. The first kappa shape index (κ1) is 13.5. The van der Waals surface area contributed by atoms with E-state index in [1.165, 1.54) is 0 Å². The van der Waals surface area contributed by atoms with Crippen LogP contribution in [0.25, 0.3) is 11.0 Å². The first-order chi connectivity index (χ1) is 7.38. The predicted octanol–water partition coefficient (Wildman–Crippen LogP) is 3.39. The topological polar surface area (TPSA) is 38.7 Å². The van der Waals surface area contributed by atoms with E-state index in [-0.39, 0.29) is 0 Å². The van der Waals surface area contributed by atoms with Gasteiger partial charge in [0.25, 0.3) is 0 Å². The summed E-state index contributed by atoms with van der Waals surface area (Å²) in [6.07, 6.45) is 5.10. The molecule has 0 aliphatic carbocycles. The lowest BCUT2D eigenvalue weighted by Crippen LogP contribution is -1.87. The normalized spacial score (nSPS) is 8.33. The zero-order valence-corrected chi connectivity index (χ0v) is 10.2. The van der Waals surface area contributed by atoms with Crippen LogP contribution in [0.15, 0.2) is 24.7 Å². The quantitative estimate of drug-likeness (QED) is 0.661. The number of hydrogen-bond donors (Lipinski definition) is 0. The maximum Gasteiger partial charge on any atom is 0.110 e. The molecule has 0 saturated carbocycles. The number of nitrogens with zero attached hydrogens (tertiary/aromatic N) is 3. The van der Waals surface area contributed by atoms with Crippen molar-refractivity contribution in [3.05, 3.63) is 30.4 Å². The molecule has 0 atom stereocenters. The van der Waals surface area contributed by atoms with Crippen molar-refractivity contribution >= 4 is 11.0 Å². The Morgan fingerprint density at radius 3 is 2.00 bits per heavy atom. The molecule has 2 aromatic heterocycles. The molecule has 0 aliphatic rings. The van der Waals surface area contributed by atoms with Gasteiger partial charge in [0.2, 0.25) is 0 Å². The number of aromatic nitrogens is 3. The van der Waals surface area contributed by atoms with Crippen LogP contribution >= 0.6 is 0 Å². The van der Waals surface area contributed by atoms with Crippen LogP contribution in [-0.2, 0) is 0 Å². The van der Waals surface area contributed by atoms with Crippen LogP contribution in [0.4, 0.5) is 0 Å². The van der Waals surface area contributed by atoms with Gasteiger partial charge in [-0.15, -0.1) is 0 Å². The van der Waals surface area contributed by atoms with E-state index in [2.05, 4.69) is 15.0 Å². The molecule has 3 nitrogen and oxygen atoms in total. The second-order valence-electron chi connectivity index (χ2n) is 2.32. The van der Waals surface area contributed by atoms with Crippen LogP contribution in [0.5, 0.6) is 0 Å². The van der Waals surface area contributed by atoms with Crippen molar-refractivity contribution in [3.8, 4) is 0 Å². The molecule has 0 amide bonds. The van der Waals surface area contributed by atoms with Crippen molar-refractivity contribution in [2.75, 3.05) is 0 Å². The molecule has 2 aromatic rings. The average Bonchev–Trinajstić information content (AvgIpc) is 2.35. The van der Waals surface area contributed by atoms with Crippen molar-refractivity contribution in [2.24, 2.45) is 0 Å². The van der Waals surface area contributed by atoms with E-state index in [4.69, 9.17) is 0 Å².